The van der Waals surface area contributed by atoms with Gasteiger partial charge in [-0.1, -0.05) is 87.7 Å². The highest BCUT2D eigenvalue weighted by Gasteiger charge is 2.23. The van der Waals surface area contributed by atoms with E-state index in [4.69, 9.17) is 14.6 Å². The van der Waals surface area contributed by atoms with Crippen LogP contribution in [-0.2, 0) is 28.8 Å². The van der Waals surface area contributed by atoms with Crippen LogP contribution in [0.15, 0.2) is 72.8 Å². The molecule has 0 aromatic heterocycles. The fourth-order valence-electron chi connectivity index (χ4n) is 6.40. The van der Waals surface area contributed by atoms with E-state index >= 15 is 4.39 Å². The van der Waals surface area contributed by atoms with Gasteiger partial charge in [-0.05, 0) is 110 Å². The van der Waals surface area contributed by atoms with Crippen molar-refractivity contribution in [2.24, 2.45) is 5.92 Å². The molecule has 3 aromatic carbocycles. The van der Waals surface area contributed by atoms with Crippen molar-refractivity contribution in [2.45, 2.75) is 96.8 Å². The number of benzene rings is 3. The molecule has 0 saturated heterocycles. The van der Waals surface area contributed by atoms with Crippen molar-refractivity contribution in [3.05, 3.63) is 101 Å². The molecule has 1 aliphatic rings. The number of aryl methyl sites for hydroxylation is 3. The predicted molar refractivity (Wildman–Crippen MR) is 181 cm³/mol. The van der Waals surface area contributed by atoms with Crippen molar-refractivity contribution in [1.29, 1.82) is 0 Å². The second-order valence-electron chi connectivity index (χ2n) is 12.7. The molecule has 0 amide bonds. The third kappa shape index (κ3) is 10.6. The number of carbonyl (C=O) groups excluding carboxylic acids is 1. The molecule has 1 aliphatic carbocycles. The molecule has 4 nitrogen and oxygen atoms in total. The van der Waals surface area contributed by atoms with Crippen molar-refractivity contribution < 1.29 is 23.8 Å². The molecule has 5 heteroatoms. The van der Waals surface area contributed by atoms with Gasteiger partial charge >= 0.3 is 5.97 Å². The van der Waals surface area contributed by atoms with Crippen LogP contribution in [0.3, 0.4) is 0 Å². The molecule has 0 atom stereocenters. The number of halogens is 1. The Morgan fingerprint density at radius 2 is 1.64 bits per heavy atom. The molecular weight excluding hydrogens is 563 g/mol. The molecule has 4 rings (SSSR count). The van der Waals surface area contributed by atoms with Gasteiger partial charge in [-0.25, -0.2) is 9.18 Å². The molecule has 1 saturated carbocycles. The Labute approximate surface area is 269 Å². The monoisotopic (exact) mass is 614 g/mol. The first-order valence-corrected chi connectivity index (χ1v) is 16.9. The fraction of sp³-hybridized carbons (Fsp3) is 0.475. The number of ether oxygens (including phenoxy) is 2. The third-order valence-corrected chi connectivity index (χ3v) is 9.15. The smallest absolute Gasteiger partial charge is 0.333 e. The number of esters is 1. The van der Waals surface area contributed by atoms with Crippen LogP contribution in [0, 0.1) is 11.7 Å². The second kappa shape index (κ2) is 17.9. The minimum Gasteiger partial charge on any atom is -0.490 e. The maximum absolute atomic E-state index is 15.2. The number of aliphatic hydroxyl groups excluding tert-OH is 1. The number of unbranched alkanes of at least 4 members (excludes halogenated alkanes) is 2. The molecule has 0 aliphatic heterocycles. The Balaban J connectivity index is 1.41. The van der Waals surface area contributed by atoms with E-state index in [1.54, 1.807) is 13.0 Å². The zero-order chi connectivity index (χ0) is 32.0. The highest BCUT2D eigenvalue weighted by atomic mass is 19.1. The Morgan fingerprint density at radius 3 is 2.33 bits per heavy atom. The predicted octanol–water partition coefficient (Wildman–Crippen LogP) is 9.55. The van der Waals surface area contributed by atoms with E-state index in [-0.39, 0.29) is 25.6 Å². The van der Waals surface area contributed by atoms with Crippen LogP contribution in [0.25, 0.3) is 11.1 Å². The van der Waals surface area contributed by atoms with Crippen LogP contribution in [0.4, 0.5) is 4.39 Å². The van der Waals surface area contributed by atoms with Crippen LogP contribution in [-0.4, -0.2) is 30.9 Å². The van der Waals surface area contributed by atoms with Gasteiger partial charge in [0.1, 0.15) is 24.8 Å². The van der Waals surface area contributed by atoms with Crippen LogP contribution in [0.1, 0.15) is 99.8 Å². The lowest BCUT2D eigenvalue weighted by atomic mass is 9.77. The summed E-state index contributed by atoms with van der Waals surface area (Å²) in [5, 5.41) is 9.06. The Morgan fingerprint density at radius 1 is 0.889 bits per heavy atom. The first kappa shape index (κ1) is 34.4. The zero-order valence-corrected chi connectivity index (χ0v) is 27.3. The number of rotatable bonds is 17. The molecule has 242 valence electrons. The molecule has 0 radical (unpaired) electrons. The van der Waals surface area contributed by atoms with Gasteiger partial charge in [-0.15, -0.1) is 0 Å². The van der Waals surface area contributed by atoms with Gasteiger partial charge in [0.25, 0.3) is 0 Å². The van der Waals surface area contributed by atoms with Crippen LogP contribution in [0.5, 0.6) is 5.75 Å². The van der Waals surface area contributed by atoms with Gasteiger partial charge in [0, 0.05) is 17.7 Å². The van der Waals surface area contributed by atoms with Crippen LogP contribution in [0.2, 0.25) is 0 Å². The molecule has 1 fully saturated rings. The normalized spacial score (nSPS) is 16.4. The summed E-state index contributed by atoms with van der Waals surface area (Å²) < 4.78 is 26.7. The van der Waals surface area contributed by atoms with E-state index < -0.39 is 5.97 Å². The first-order chi connectivity index (χ1) is 21.9. The molecule has 1 N–H and O–H groups in total. The lowest BCUT2D eigenvalue weighted by Gasteiger charge is -2.29. The van der Waals surface area contributed by atoms with Crippen LogP contribution < -0.4 is 4.74 Å². The summed E-state index contributed by atoms with van der Waals surface area (Å²) >= 11 is 0. The molecular formula is C40H51FO4. The molecule has 3 aromatic rings. The summed E-state index contributed by atoms with van der Waals surface area (Å²) in [6, 6.07) is 20.0. The van der Waals surface area contributed by atoms with Gasteiger partial charge < -0.3 is 14.6 Å². The highest BCUT2D eigenvalue weighted by Crippen LogP contribution is 2.39. The van der Waals surface area contributed by atoms with Gasteiger partial charge in [-0.2, -0.15) is 0 Å². The summed E-state index contributed by atoms with van der Waals surface area (Å²) in [5.74, 6) is 1.57. The maximum Gasteiger partial charge on any atom is 0.333 e. The summed E-state index contributed by atoms with van der Waals surface area (Å²) in [5.41, 5.74) is 6.26. The summed E-state index contributed by atoms with van der Waals surface area (Å²) in [7, 11) is 0. The van der Waals surface area contributed by atoms with E-state index in [9.17, 15) is 4.79 Å². The number of aliphatic hydroxyl groups is 1. The number of hydrogen-bond acceptors (Lipinski definition) is 4. The highest BCUT2D eigenvalue weighted by molar-refractivity contribution is 5.86. The minimum atomic E-state index is -0.411. The number of hydrogen-bond donors (Lipinski definition) is 1. The van der Waals surface area contributed by atoms with E-state index in [1.807, 2.05) is 36.4 Å². The average molecular weight is 615 g/mol. The zero-order valence-electron chi connectivity index (χ0n) is 27.3. The summed E-state index contributed by atoms with van der Waals surface area (Å²) in [6.07, 6.45) is 13.2. The number of carbonyl (C=O) groups is 1. The van der Waals surface area contributed by atoms with Crippen LogP contribution >= 0.6 is 0 Å². The van der Waals surface area contributed by atoms with E-state index in [1.165, 1.54) is 56.9 Å². The van der Waals surface area contributed by atoms with Crippen molar-refractivity contribution in [2.75, 3.05) is 19.8 Å². The van der Waals surface area contributed by atoms with E-state index in [0.29, 0.717) is 29.9 Å². The molecule has 0 heterocycles. The Hall–Kier alpha value is -3.44. The molecule has 0 spiro atoms. The SMILES string of the molecule is C=C(C)C(=O)OCCOc1cc(C2CCC(CCCCC)CC2)ccc1CCc1ccc(-c2ccc(CCCO)cc2)c(F)c1. The van der Waals surface area contributed by atoms with Crippen molar-refractivity contribution in [3.8, 4) is 16.9 Å². The largest absolute Gasteiger partial charge is 0.490 e. The average Bonchev–Trinajstić information content (AvgIpc) is 3.05. The fourth-order valence-corrected chi connectivity index (χ4v) is 6.40. The first-order valence-electron chi connectivity index (χ1n) is 16.9. The molecule has 0 bridgehead atoms. The minimum absolute atomic E-state index is 0.160. The van der Waals surface area contributed by atoms with Crippen molar-refractivity contribution in [1.82, 2.24) is 0 Å². The maximum atomic E-state index is 15.2. The van der Waals surface area contributed by atoms with E-state index in [0.717, 1.165) is 46.8 Å². The van der Waals surface area contributed by atoms with E-state index in [2.05, 4.69) is 31.7 Å². The quantitative estimate of drug-likeness (QED) is 0.0935. The third-order valence-electron chi connectivity index (χ3n) is 9.15. The standard InChI is InChI=1S/C40H51FO4/c1-4-5-6-8-30-10-16-33(17-11-30)36-22-21-35(39(28-36)44-25-26-45-40(43)29(2)3)20-14-32-15-23-37(38(41)27-32)34-18-12-31(13-19-34)9-7-24-42/h12-13,15,18-19,21-23,27-28,30,33,42H,2,4-11,14,16-17,20,24-26H2,1,3H3. The van der Waals surface area contributed by atoms with Gasteiger partial charge in [0.15, 0.2) is 0 Å². The molecule has 45 heavy (non-hydrogen) atoms. The lowest BCUT2D eigenvalue weighted by Crippen LogP contribution is -2.15. The van der Waals surface area contributed by atoms with Crippen molar-refractivity contribution >= 4 is 5.97 Å². The van der Waals surface area contributed by atoms with Gasteiger partial charge in [0.05, 0.1) is 0 Å². The Kier molecular flexibility index (Phi) is 13.7. The van der Waals surface area contributed by atoms with Gasteiger partial charge in [-0.3, -0.25) is 0 Å². The molecule has 0 unspecified atom stereocenters. The summed E-state index contributed by atoms with van der Waals surface area (Å²) in [6.45, 7) is 8.13. The Bertz CT molecular complexity index is 1370. The van der Waals surface area contributed by atoms with Crippen molar-refractivity contribution in [3.63, 3.8) is 0 Å². The second-order valence-corrected chi connectivity index (χ2v) is 12.7. The lowest BCUT2D eigenvalue weighted by molar-refractivity contribution is -0.139. The topological polar surface area (TPSA) is 55.8 Å². The summed E-state index contributed by atoms with van der Waals surface area (Å²) in [4.78, 5) is 11.8. The van der Waals surface area contributed by atoms with Gasteiger partial charge in [0.2, 0.25) is 0 Å².